The molecule has 0 aliphatic heterocycles. The first-order chi connectivity index (χ1) is 8.18. The molecule has 0 amide bonds. The molecule has 1 saturated carbocycles. The molecule has 17 heavy (non-hydrogen) atoms. The van der Waals surface area contributed by atoms with Gasteiger partial charge in [0, 0.05) is 12.1 Å². The van der Waals surface area contributed by atoms with Crippen LogP contribution in [0.3, 0.4) is 0 Å². The van der Waals surface area contributed by atoms with Crippen LogP contribution in [0.25, 0.3) is 0 Å². The molecule has 0 saturated heterocycles. The molecular formula is C14H29N3. The van der Waals surface area contributed by atoms with Crippen LogP contribution in [0.4, 0.5) is 0 Å². The van der Waals surface area contributed by atoms with E-state index < -0.39 is 0 Å². The van der Waals surface area contributed by atoms with Gasteiger partial charge in [-0.1, -0.05) is 45.1 Å². The minimum Gasteiger partial charge on any atom is -0.369 e. The molecule has 3 heteroatoms. The molecule has 0 aromatic heterocycles. The molecule has 1 fully saturated rings. The lowest BCUT2D eigenvalue weighted by Crippen LogP contribution is -2.43. The Kier molecular flexibility index (Phi) is 7.10. The molecule has 0 atom stereocenters. The van der Waals surface area contributed by atoms with Gasteiger partial charge in [0.2, 0.25) is 0 Å². The lowest BCUT2D eigenvalue weighted by atomic mass is 10.1. The van der Waals surface area contributed by atoms with Crippen LogP contribution in [0, 0.1) is 0 Å². The fourth-order valence-electron chi connectivity index (χ4n) is 2.29. The number of rotatable bonds is 5. The summed E-state index contributed by atoms with van der Waals surface area (Å²) in [7, 11) is 0. The number of hydrogen-bond donors (Lipinski definition) is 3. The minimum atomic E-state index is 0.425. The van der Waals surface area contributed by atoms with Crippen molar-refractivity contribution in [2.45, 2.75) is 77.3 Å². The van der Waals surface area contributed by atoms with Crippen LogP contribution in [-0.4, -0.2) is 12.1 Å². The highest BCUT2D eigenvalue weighted by Crippen LogP contribution is 2.17. The second kappa shape index (κ2) is 8.40. The summed E-state index contributed by atoms with van der Waals surface area (Å²) >= 11 is 0. The Labute approximate surface area is 106 Å². The Morgan fingerprint density at radius 2 is 1.53 bits per heavy atom. The second-order valence-electron chi connectivity index (χ2n) is 5.44. The number of nitrogens with one attached hydrogen (secondary N) is 3. The maximum Gasteiger partial charge on any atom is 0.106 e. The van der Waals surface area contributed by atoms with Gasteiger partial charge in [-0.3, -0.25) is 0 Å². The quantitative estimate of drug-likeness (QED) is 0.645. The van der Waals surface area contributed by atoms with E-state index in [2.05, 4.69) is 36.6 Å². The third kappa shape index (κ3) is 7.27. The summed E-state index contributed by atoms with van der Waals surface area (Å²) in [6, 6.07) is 1.02. The first-order valence-corrected chi connectivity index (χ1v) is 7.15. The van der Waals surface area contributed by atoms with Crippen molar-refractivity contribution in [2.75, 3.05) is 0 Å². The molecule has 1 rings (SSSR count). The SMILES string of the molecule is C=C(NNC(C)C)NC1CCCCCCCC1. The smallest absolute Gasteiger partial charge is 0.106 e. The molecular weight excluding hydrogens is 210 g/mol. The average Bonchev–Trinajstić information content (AvgIpc) is 2.40. The summed E-state index contributed by atoms with van der Waals surface area (Å²) < 4.78 is 0. The van der Waals surface area contributed by atoms with Crippen LogP contribution in [0.1, 0.15) is 65.2 Å². The topological polar surface area (TPSA) is 36.1 Å². The molecule has 0 aromatic carbocycles. The van der Waals surface area contributed by atoms with Crippen molar-refractivity contribution < 1.29 is 0 Å². The summed E-state index contributed by atoms with van der Waals surface area (Å²) in [6.07, 6.45) is 10.9. The first-order valence-electron chi connectivity index (χ1n) is 7.15. The van der Waals surface area contributed by atoms with E-state index in [1.54, 1.807) is 0 Å². The molecule has 0 unspecified atom stereocenters. The standard InChI is InChI=1S/C14H29N3/c1-12(2)16-17-13(3)15-14-10-8-6-4-5-7-9-11-14/h12,14-17H,3-11H2,1-2H3. The van der Waals surface area contributed by atoms with Gasteiger partial charge in [0.25, 0.3) is 0 Å². The van der Waals surface area contributed by atoms with Gasteiger partial charge >= 0.3 is 0 Å². The number of hydrogen-bond acceptors (Lipinski definition) is 3. The van der Waals surface area contributed by atoms with Gasteiger partial charge in [-0.25, -0.2) is 5.43 Å². The van der Waals surface area contributed by atoms with Crippen LogP contribution in [0.2, 0.25) is 0 Å². The van der Waals surface area contributed by atoms with Crippen molar-refractivity contribution >= 4 is 0 Å². The van der Waals surface area contributed by atoms with E-state index in [0.29, 0.717) is 12.1 Å². The third-order valence-electron chi connectivity index (χ3n) is 3.25. The van der Waals surface area contributed by atoms with E-state index in [-0.39, 0.29) is 0 Å². The fraction of sp³-hybridized carbons (Fsp3) is 0.857. The average molecular weight is 239 g/mol. The maximum absolute atomic E-state index is 4.01. The lowest BCUT2D eigenvalue weighted by molar-refractivity contribution is 0.426. The van der Waals surface area contributed by atoms with Crippen molar-refractivity contribution in [1.82, 2.24) is 16.2 Å². The molecule has 100 valence electrons. The predicted octanol–water partition coefficient (Wildman–Crippen LogP) is 3.05. The maximum atomic E-state index is 4.01. The third-order valence-corrected chi connectivity index (χ3v) is 3.25. The Bertz CT molecular complexity index is 204. The normalized spacial score (nSPS) is 19.2. The van der Waals surface area contributed by atoms with E-state index in [1.165, 1.54) is 51.4 Å². The van der Waals surface area contributed by atoms with Crippen molar-refractivity contribution in [3.05, 3.63) is 12.4 Å². The van der Waals surface area contributed by atoms with Crippen molar-refractivity contribution in [3.63, 3.8) is 0 Å². The molecule has 3 nitrogen and oxygen atoms in total. The summed E-state index contributed by atoms with van der Waals surface area (Å²) in [5.74, 6) is 0.906. The molecule has 0 spiro atoms. The Morgan fingerprint density at radius 3 is 2.06 bits per heavy atom. The van der Waals surface area contributed by atoms with Gasteiger partial charge in [-0.15, -0.1) is 0 Å². The van der Waals surface area contributed by atoms with Gasteiger partial charge in [0.1, 0.15) is 5.82 Å². The highest BCUT2D eigenvalue weighted by Gasteiger charge is 2.10. The summed E-state index contributed by atoms with van der Waals surface area (Å²) in [5, 5.41) is 3.50. The molecule has 3 N–H and O–H groups in total. The van der Waals surface area contributed by atoms with Crippen LogP contribution < -0.4 is 16.2 Å². The van der Waals surface area contributed by atoms with Crippen molar-refractivity contribution in [2.24, 2.45) is 0 Å². The van der Waals surface area contributed by atoms with Crippen molar-refractivity contribution in [1.29, 1.82) is 0 Å². The van der Waals surface area contributed by atoms with Gasteiger partial charge in [-0.2, -0.15) is 0 Å². The van der Waals surface area contributed by atoms with E-state index in [1.807, 2.05) is 0 Å². The van der Waals surface area contributed by atoms with E-state index >= 15 is 0 Å². The molecule has 1 aliphatic carbocycles. The van der Waals surface area contributed by atoms with E-state index in [9.17, 15) is 0 Å². The summed E-state index contributed by atoms with van der Waals surface area (Å²) in [4.78, 5) is 0. The molecule has 0 radical (unpaired) electrons. The first kappa shape index (κ1) is 14.4. The van der Waals surface area contributed by atoms with Crippen LogP contribution in [-0.2, 0) is 0 Å². The van der Waals surface area contributed by atoms with E-state index in [4.69, 9.17) is 0 Å². The monoisotopic (exact) mass is 239 g/mol. The van der Waals surface area contributed by atoms with Gasteiger partial charge in [0.15, 0.2) is 0 Å². The molecule has 1 aliphatic rings. The molecule has 0 bridgehead atoms. The Hall–Kier alpha value is -0.700. The molecule has 0 heterocycles. The minimum absolute atomic E-state index is 0.425. The zero-order chi connectivity index (χ0) is 12.5. The Balaban J connectivity index is 2.23. The Morgan fingerprint density at radius 1 is 1.00 bits per heavy atom. The van der Waals surface area contributed by atoms with Gasteiger partial charge in [0.05, 0.1) is 0 Å². The molecule has 0 aromatic rings. The van der Waals surface area contributed by atoms with Gasteiger partial charge < -0.3 is 10.7 Å². The van der Waals surface area contributed by atoms with Gasteiger partial charge in [-0.05, 0) is 26.7 Å². The summed E-state index contributed by atoms with van der Waals surface area (Å²) in [6.45, 7) is 8.24. The fourth-order valence-corrected chi connectivity index (χ4v) is 2.29. The zero-order valence-electron chi connectivity index (χ0n) is 11.5. The van der Waals surface area contributed by atoms with E-state index in [0.717, 1.165) is 5.82 Å². The highest BCUT2D eigenvalue weighted by atomic mass is 15.4. The number of hydrazine groups is 1. The van der Waals surface area contributed by atoms with Crippen LogP contribution in [0.15, 0.2) is 12.4 Å². The second-order valence-corrected chi connectivity index (χ2v) is 5.44. The van der Waals surface area contributed by atoms with Crippen LogP contribution >= 0.6 is 0 Å². The highest BCUT2D eigenvalue weighted by molar-refractivity contribution is 4.90. The lowest BCUT2D eigenvalue weighted by Gasteiger charge is -2.22. The summed E-state index contributed by atoms with van der Waals surface area (Å²) in [5.41, 5.74) is 6.29. The van der Waals surface area contributed by atoms with Crippen LogP contribution in [0.5, 0.6) is 0 Å². The zero-order valence-corrected chi connectivity index (χ0v) is 11.5. The predicted molar refractivity (Wildman–Crippen MR) is 74.4 cm³/mol. The van der Waals surface area contributed by atoms with Crippen molar-refractivity contribution in [3.8, 4) is 0 Å². The largest absolute Gasteiger partial charge is 0.369 e.